The molecular formula is C22H18N2O3. The Bertz CT molecular complexity index is 1070. The summed E-state index contributed by atoms with van der Waals surface area (Å²) in [4.78, 5) is 16.8. The monoisotopic (exact) mass is 358 g/mol. The molecule has 3 aromatic carbocycles. The molecule has 0 atom stereocenters. The summed E-state index contributed by atoms with van der Waals surface area (Å²) in [5.74, 6) is 1.23. The van der Waals surface area contributed by atoms with Crippen molar-refractivity contribution in [3.8, 4) is 17.2 Å². The maximum Gasteiger partial charge on any atom is 0.228 e. The average Bonchev–Trinajstić information content (AvgIpc) is 3.12. The van der Waals surface area contributed by atoms with E-state index in [1.165, 1.54) is 0 Å². The Labute approximate surface area is 156 Å². The van der Waals surface area contributed by atoms with Crippen LogP contribution >= 0.6 is 0 Å². The third-order valence-electron chi connectivity index (χ3n) is 4.22. The molecule has 0 spiro atoms. The zero-order valence-electron chi connectivity index (χ0n) is 14.8. The van der Waals surface area contributed by atoms with Crippen LogP contribution < -0.4 is 10.1 Å². The summed E-state index contributed by atoms with van der Waals surface area (Å²) >= 11 is 0. The molecule has 134 valence electrons. The van der Waals surface area contributed by atoms with Gasteiger partial charge in [-0.2, -0.15) is 0 Å². The molecule has 1 amide bonds. The van der Waals surface area contributed by atoms with Crippen LogP contribution in [0.4, 0.5) is 5.69 Å². The van der Waals surface area contributed by atoms with Gasteiger partial charge in [0, 0.05) is 11.3 Å². The number of fused-ring (bicyclic) bond motifs is 1. The minimum atomic E-state index is -0.0700. The molecule has 5 heteroatoms. The summed E-state index contributed by atoms with van der Waals surface area (Å²) in [5, 5.41) is 2.91. The zero-order chi connectivity index (χ0) is 18.6. The van der Waals surface area contributed by atoms with Gasteiger partial charge in [0.1, 0.15) is 11.3 Å². The molecule has 0 aliphatic carbocycles. The molecule has 0 fully saturated rings. The Morgan fingerprint density at radius 1 is 1.04 bits per heavy atom. The number of nitrogens with zero attached hydrogens (tertiary/aromatic N) is 1. The summed E-state index contributed by atoms with van der Waals surface area (Å²) in [7, 11) is 1.63. The van der Waals surface area contributed by atoms with Crippen molar-refractivity contribution < 1.29 is 13.9 Å². The highest BCUT2D eigenvalue weighted by Gasteiger charge is 2.10. The van der Waals surface area contributed by atoms with E-state index < -0.39 is 0 Å². The number of hydrogen-bond acceptors (Lipinski definition) is 4. The number of hydrogen-bond donors (Lipinski definition) is 1. The number of aromatic nitrogens is 1. The Morgan fingerprint density at radius 2 is 1.81 bits per heavy atom. The molecule has 0 aliphatic rings. The first-order chi connectivity index (χ1) is 13.2. The first-order valence-electron chi connectivity index (χ1n) is 8.60. The van der Waals surface area contributed by atoms with E-state index in [9.17, 15) is 4.79 Å². The first kappa shape index (κ1) is 16.8. The van der Waals surface area contributed by atoms with Gasteiger partial charge in [-0.05, 0) is 48.0 Å². The van der Waals surface area contributed by atoms with Gasteiger partial charge in [-0.25, -0.2) is 4.98 Å². The topological polar surface area (TPSA) is 64.4 Å². The molecule has 27 heavy (non-hydrogen) atoms. The van der Waals surface area contributed by atoms with Crippen molar-refractivity contribution >= 4 is 22.7 Å². The van der Waals surface area contributed by atoms with Crippen molar-refractivity contribution in [1.29, 1.82) is 0 Å². The summed E-state index contributed by atoms with van der Waals surface area (Å²) in [5.41, 5.74) is 3.89. The zero-order valence-corrected chi connectivity index (χ0v) is 14.8. The lowest BCUT2D eigenvalue weighted by atomic mass is 10.1. The van der Waals surface area contributed by atoms with Crippen LogP contribution in [0.25, 0.3) is 22.6 Å². The van der Waals surface area contributed by atoms with Crippen molar-refractivity contribution in [3.63, 3.8) is 0 Å². The van der Waals surface area contributed by atoms with Gasteiger partial charge in [-0.3, -0.25) is 4.79 Å². The Balaban J connectivity index is 1.52. The van der Waals surface area contributed by atoms with Crippen LogP contribution in [0.3, 0.4) is 0 Å². The Hall–Kier alpha value is -3.60. The van der Waals surface area contributed by atoms with E-state index in [-0.39, 0.29) is 5.91 Å². The normalized spacial score (nSPS) is 10.7. The van der Waals surface area contributed by atoms with Crippen LogP contribution in [0.2, 0.25) is 0 Å². The number of carbonyl (C=O) groups is 1. The first-order valence-corrected chi connectivity index (χ1v) is 8.60. The largest absolute Gasteiger partial charge is 0.497 e. The number of anilines is 1. The molecule has 0 radical (unpaired) electrons. The highest BCUT2D eigenvalue weighted by Crippen LogP contribution is 2.27. The van der Waals surface area contributed by atoms with E-state index >= 15 is 0 Å². The molecule has 0 bridgehead atoms. The standard InChI is InChI=1S/C22H18N2O3/c1-26-18-10-7-16(8-11-18)22-24-19-14-17(9-12-20(19)27-22)23-21(25)13-15-5-3-2-4-6-15/h2-12,14H,13H2,1H3,(H,23,25). The third kappa shape index (κ3) is 3.82. The molecule has 4 aromatic rings. The maximum atomic E-state index is 12.2. The van der Waals surface area contributed by atoms with Crippen LogP contribution in [-0.4, -0.2) is 18.0 Å². The van der Waals surface area contributed by atoms with Gasteiger partial charge in [0.15, 0.2) is 5.58 Å². The molecule has 0 aliphatic heterocycles. The fourth-order valence-electron chi connectivity index (χ4n) is 2.85. The van der Waals surface area contributed by atoms with Gasteiger partial charge in [-0.15, -0.1) is 0 Å². The highest BCUT2D eigenvalue weighted by molar-refractivity contribution is 5.94. The molecule has 1 N–H and O–H groups in total. The number of nitrogens with one attached hydrogen (secondary N) is 1. The lowest BCUT2D eigenvalue weighted by Crippen LogP contribution is -2.14. The number of oxazole rings is 1. The summed E-state index contributed by atoms with van der Waals surface area (Å²) < 4.78 is 11.0. The molecule has 5 nitrogen and oxygen atoms in total. The Morgan fingerprint density at radius 3 is 2.56 bits per heavy atom. The van der Waals surface area contributed by atoms with Gasteiger partial charge in [0.2, 0.25) is 11.8 Å². The number of ether oxygens (including phenoxy) is 1. The smallest absolute Gasteiger partial charge is 0.228 e. The van der Waals surface area contributed by atoms with Gasteiger partial charge in [0.05, 0.1) is 13.5 Å². The van der Waals surface area contributed by atoms with Crippen LogP contribution in [-0.2, 0) is 11.2 Å². The minimum Gasteiger partial charge on any atom is -0.497 e. The maximum absolute atomic E-state index is 12.2. The molecule has 4 rings (SSSR count). The lowest BCUT2D eigenvalue weighted by Gasteiger charge is -2.04. The third-order valence-corrected chi connectivity index (χ3v) is 4.22. The Kier molecular flexibility index (Phi) is 4.58. The van der Waals surface area contributed by atoms with E-state index in [0.717, 1.165) is 16.9 Å². The van der Waals surface area contributed by atoms with E-state index in [1.807, 2.05) is 72.8 Å². The second-order valence-electron chi connectivity index (χ2n) is 6.14. The fraction of sp³-hybridized carbons (Fsp3) is 0.0909. The van der Waals surface area contributed by atoms with Crippen LogP contribution in [0.1, 0.15) is 5.56 Å². The average molecular weight is 358 g/mol. The summed E-state index contributed by atoms with van der Waals surface area (Å²) in [6.07, 6.45) is 0.328. The summed E-state index contributed by atoms with van der Waals surface area (Å²) in [6.45, 7) is 0. The second-order valence-corrected chi connectivity index (χ2v) is 6.14. The van der Waals surface area contributed by atoms with Gasteiger partial charge >= 0.3 is 0 Å². The van der Waals surface area contributed by atoms with Gasteiger partial charge < -0.3 is 14.5 Å². The van der Waals surface area contributed by atoms with E-state index in [0.29, 0.717) is 29.1 Å². The molecule has 0 unspecified atom stereocenters. The quantitative estimate of drug-likeness (QED) is 0.562. The summed E-state index contributed by atoms with van der Waals surface area (Å²) in [6, 6.07) is 22.6. The van der Waals surface area contributed by atoms with Crippen LogP contribution in [0, 0.1) is 0 Å². The lowest BCUT2D eigenvalue weighted by molar-refractivity contribution is -0.115. The van der Waals surface area contributed by atoms with Crippen LogP contribution in [0.5, 0.6) is 5.75 Å². The fourth-order valence-corrected chi connectivity index (χ4v) is 2.85. The van der Waals surface area contributed by atoms with Crippen molar-refractivity contribution in [2.75, 3.05) is 12.4 Å². The predicted molar refractivity (Wildman–Crippen MR) is 105 cm³/mol. The number of methoxy groups -OCH3 is 1. The molecule has 1 aromatic heterocycles. The van der Waals surface area contributed by atoms with E-state index in [2.05, 4.69) is 10.3 Å². The second kappa shape index (κ2) is 7.33. The van der Waals surface area contributed by atoms with E-state index in [4.69, 9.17) is 9.15 Å². The number of benzene rings is 3. The number of carbonyl (C=O) groups excluding carboxylic acids is 1. The SMILES string of the molecule is COc1ccc(-c2nc3cc(NC(=O)Cc4ccccc4)ccc3o2)cc1. The molecule has 0 saturated carbocycles. The van der Waals surface area contributed by atoms with Crippen LogP contribution in [0.15, 0.2) is 77.2 Å². The highest BCUT2D eigenvalue weighted by atomic mass is 16.5. The number of amides is 1. The van der Waals surface area contributed by atoms with Gasteiger partial charge in [0.25, 0.3) is 0 Å². The predicted octanol–water partition coefficient (Wildman–Crippen LogP) is 4.68. The van der Waals surface area contributed by atoms with E-state index in [1.54, 1.807) is 7.11 Å². The van der Waals surface area contributed by atoms with Crippen molar-refractivity contribution in [3.05, 3.63) is 78.4 Å². The molecular weight excluding hydrogens is 340 g/mol. The minimum absolute atomic E-state index is 0.0700. The van der Waals surface area contributed by atoms with Crippen molar-refractivity contribution in [2.45, 2.75) is 6.42 Å². The van der Waals surface area contributed by atoms with Gasteiger partial charge in [-0.1, -0.05) is 30.3 Å². The number of rotatable bonds is 5. The van der Waals surface area contributed by atoms with Crippen molar-refractivity contribution in [2.24, 2.45) is 0 Å². The molecule has 0 saturated heterocycles. The molecule has 1 heterocycles. The van der Waals surface area contributed by atoms with Crippen molar-refractivity contribution in [1.82, 2.24) is 4.98 Å².